The Morgan fingerprint density at radius 1 is 1.40 bits per heavy atom. The molecule has 20 heavy (non-hydrogen) atoms. The lowest BCUT2D eigenvalue weighted by Crippen LogP contribution is -2.29. The van der Waals surface area contributed by atoms with Gasteiger partial charge in [0.05, 0.1) is 0 Å². The molecular formula is C14H15BrN2O3. The van der Waals surface area contributed by atoms with Crippen molar-refractivity contribution in [3.05, 3.63) is 34.4 Å². The molecule has 0 aliphatic heterocycles. The minimum absolute atomic E-state index is 0.0416. The topological polar surface area (TPSA) is 82.2 Å². The summed E-state index contributed by atoms with van der Waals surface area (Å²) in [5, 5.41) is 12.3. The van der Waals surface area contributed by atoms with Gasteiger partial charge >= 0.3 is 5.97 Å². The summed E-state index contributed by atoms with van der Waals surface area (Å²) in [6.07, 6.45) is 0.0416. The molecule has 0 bridgehead atoms. The number of carboxylic acid groups (broad SMARTS) is 1. The summed E-state index contributed by atoms with van der Waals surface area (Å²) in [5.74, 6) is -1.19. The lowest BCUT2D eigenvalue weighted by molar-refractivity contribution is -0.137. The average molecular weight is 339 g/mol. The molecule has 3 N–H and O–H groups in total. The number of hydrogen-bond donors (Lipinski definition) is 3. The zero-order valence-electron chi connectivity index (χ0n) is 10.9. The lowest BCUT2D eigenvalue weighted by Gasteiger charge is -2.09. The van der Waals surface area contributed by atoms with E-state index in [0.717, 1.165) is 15.4 Å². The van der Waals surface area contributed by atoms with Gasteiger partial charge in [0, 0.05) is 28.3 Å². The van der Waals surface area contributed by atoms with Crippen LogP contribution in [-0.2, 0) is 4.79 Å². The minimum Gasteiger partial charge on any atom is -0.481 e. The predicted molar refractivity (Wildman–Crippen MR) is 79.7 cm³/mol. The Labute approximate surface area is 124 Å². The van der Waals surface area contributed by atoms with E-state index in [2.05, 4.69) is 26.2 Å². The molecule has 0 saturated carbocycles. The van der Waals surface area contributed by atoms with Crippen LogP contribution in [0.25, 0.3) is 10.9 Å². The van der Waals surface area contributed by atoms with Gasteiger partial charge < -0.3 is 15.4 Å². The third-order valence-corrected chi connectivity index (χ3v) is 3.45. The van der Waals surface area contributed by atoms with E-state index in [0.29, 0.717) is 12.2 Å². The highest BCUT2D eigenvalue weighted by atomic mass is 79.9. The highest BCUT2D eigenvalue weighted by Gasteiger charge is 2.12. The maximum Gasteiger partial charge on any atom is 0.303 e. The first-order chi connectivity index (χ1) is 9.45. The summed E-state index contributed by atoms with van der Waals surface area (Å²) < 4.78 is 0.950. The second-order valence-electron chi connectivity index (χ2n) is 4.83. The molecule has 2 aromatic rings. The lowest BCUT2D eigenvalue weighted by atomic mass is 10.1. The summed E-state index contributed by atoms with van der Waals surface area (Å²) in [7, 11) is 0. The molecule has 1 amide bonds. The molecule has 1 aromatic carbocycles. The van der Waals surface area contributed by atoms with Gasteiger partial charge in [-0.25, -0.2) is 0 Å². The Balaban J connectivity index is 2.02. The van der Waals surface area contributed by atoms with Gasteiger partial charge in [0.2, 0.25) is 0 Å². The smallest absolute Gasteiger partial charge is 0.303 e. The molecule has 1 heterocycles. The Kier molecular flexibility index (Phi) is 4.44. The molecule has 0 aliphatic rings. The molecule has 6 heteroatoms. The number of amides is 1. The van der Waals surface area contributed by atoms with Crippen LogP contribution in [0, 0.1) is 5.92 Å². The zero-order chi connectivity index (χ0) is 14.7. The molecule has 0 spiro atoms. The fraction of sp³-hybridized carbons (Fsp3) is 0.286. The van der Waals surface area contributed by atoms with Crippen LogP contribution in [-0.4, -0.2) is 28.5 Å². The number of aliphatic carboxylic acids is 1. The van der Waals surface area contributed by atoms with E-state index < -0.39 is 5.97 Å². The Morgan fingerprint density at radius 2 is 2.15 bits per heavy atom. The van der Waals surface area contributed by atoms with Gasteiger partial charge in [-0.2, -0.15) is 0 Å². The Morgan fingerprint density at radius 3 is 2.85 bits per heavy atom. The second-order valence-corrected chi connectivity index (χ2v) is 5.74. The normalized spacial score (nSPS) is 12.3. The number of nitrogens with one attached hydrogen (secondary N) is 2. The summed E-state index contributed by atoms with van der Waals surface area (Å²) in [5.41, 5.74) is 1.36. The van der Waals surface area contributed by atoms with Crippen LogP contribution < -0.4 is 5.32 Å². The summed E-state index contributed by atoms with van der Waals surface area (Å²) in [4.78, 5) is 25.6. The monoisotopic (exact) mass is 338 g/mol. The molecule has 0 fully saturated rings. The fourth-order valence-corrected chi connectivity index (χ4v) is 2.34. The van der Waals surface area contributed by atoms with Gasteiger partial charge in [0.25, 0.3) is 5.91 Å². The number of carboxylic acids is 1. The first-order valence-electron chi connectivity index (χ1n) is 6.24. The number of carbonyl (C=O) groups is 2. The zero-order valence-corrected chi connectivity index (χ0v) is 12.5. The molecule has 0 aliphatic carbocycles. The van der Waals surface area contributed by atoms with Gasteiger partial charge in [-0.05, 0) is 30.2 Å². The van der Waals surface area contributed by atoms with E-state index in [4.69, 9.17) is 5.11 Å². The van der Waals surface area contributed by atoms with Crippen molar-refractivity contribution in [1.82, 2.24) is 10.3 Å². The molecule has 2 rings (SSSR count). The summed E-state index contributed by atoms with van der Waals surface area (Å²) in [6, 6.07) is 7.49. The predicted octanol–water partition coefficient (Wildman–Crippen LogP) is 2.77. The molecular weight excluding hydrogens is 324 g/mol. The van der Waals surface area contributed by atoms with Crippen molar-refractivity contribution in [2.75, 3.05) is 6.54 Å². The Hall–Kier alpha value is -1.82. The van der Waals surface area contributed by atoms with Crippen LogP contribution in [0.1, 0.15) is 23.8 Å². The number of carbonyl (C=O) groups excluding carboxylic acids is 1. The SMILES string of the molecule is CC(CNC(=O)c1cc2cc(Br)ccc2[nH]1)CC(=O)O. The van der Waals surface area contributed by atoms with Crippen molar-refractivity contribution in [3.8, 4) is 0 Å². The van der Waals surface area contributed by atoms with Crippen LogP contribution >= 0.6 is 15.9 Å². The van der Waals surface area contributed by atoms with Crippen LogP contribution in [0.5, 0.6) is 0 Å². The van der Waals surface area contributed by atoms with E-state index in [-0.39, 0.29) is 18.2 Å². The first-order valence-corrected chi connectivity index (χ1v) is 7.03. The molecule has 1 unspecified atom stereocenters. The van der Waals surface area contributed by atoms with E-state index in [1.54, 1.807) is 13.0 Å². The van der Waals surface area contributed by atoms with Gasteiger partial charge in [-0.1, -0.05) is 22.9 Å². The molecule has 0 saturated heterocycles. The number of benzene rings is 1. The molecule has 5 nitrogen and oxygen atoms in total. The third kappa shape index (κ3) is 3.60. The minimum atomic E-state index is -0.859. The maximum absolute atomic E-state index is 12.0. The molecule has 1 aromatic heterocycles. The number of hydrogen-bond acceptors (Lipinski definition) is 2. The van der Waals surface area contributed by atoms with Crippen molar-refractivity contribution in [1.29, 1.82) is 0 Å². The highest BCUT2D eigenvalue weighted by molar-refractivity contribution is 9.10. The number of halogens is 1. The average Bonchev–Trinajstić information content (AvgIpc) is 2.78. The Bertz CT molecular complexity index is 651. The van der Waals surface area contributed by atoms with Crippen molar-refractivity contribution in [2.24, 2.45) is 5.92 Å². The van der Waals surface area contributed by atoms with Crippen molar-refractivity contribution >= 4 is 38.7 Å². The maximum atomic E-state index is 12.0. The highest BCUT2D eigenvalue weighted by Crippen LogP contribution is 2.20. The fourth-order valence-electron chi connectivity index (χ4n) is 1.96. The summed E-state index contributed by atoms with van der Waals surface area (Å²) in [6.45, 7) is 2.13. The number of fused-ring (bicyclic) bond motifs is 1. The van der Waals surface area contributed by atoms with E-state index in [9.17, 15) is 9.59 Å². The van der Waals surface area contributed by atoms with E-state index in [1.165, 1.54) is 0 Å². The second kappa shape index (κ2) is 6.09. The van der Waals surface area contributed by atoms with E-state index >= 15 is 0 Å². The van der Waals surface area contributed by atoms with Crippen molar-refractivity contribution in [2.45, 2.75) is 13.3 Å². The van der Waals surface area contributed by atoms with Crippen LogP contribution in [0.3, 0.4) is 0 Å². The van der Waals surface area contributed by atoms with Crippen molar-refractivity contribution < 1.29 is 14.7 Å². The van der Waals surface area contributed by atoms with Gasteiger partial charge in [-0.15, -0.1) is 0 Å². The van der Waals surface area contributed by atoms with Gasteiger partial charge in [0.1, 0.15) is 5.69 Å². The molecule has 106 valence electrons. The molecule has 0 radical (unpaired) electrons. The standard InChI is InChI=1S/C14H15BrN2O3/c1-8(4-13(18)19)7-16-14(20)12-6-9-5-10(15)2-3-11(9)17-12/h2-3,5-6,8,17H,4,7H2,1H3,(H,16,20)(H,18,19). The van der Waals surface area contributed by atoms with Crippen LogP contribution in [0.15, 0.2) is 28.7 Å². The first kappa shape index (κ1) is 14.6. The van der Waals surface area contributed by atoms with Gasteiger partial charge in [0.15, 0.2) is 0 Å². The van der Waals surface area contributed by atoms with E-state index in [1.807, 2.05) is 18.2 Å². The number of H-pyrrole nitrogens is 1. The van der Waals surface area contributed by atoms with Crippen LogP contribution in [0.4, 0.5) is 0 Å². The number of aromatic amines is 1. The van der Waals surface area contributed by atoms with Gasteiger partial charge in [-0.3, -0.25) is 9.59 Å². The third-order valence-electron chi connectivity index (χ3n) is 2.96. The van der Waals surface area contributed by atoms with Crippen molar-refractivity contribution in [3.63, 3.8) is 0 Å². The molecule has 1 atom stereocenters. The quantitative estimate of drug-likeness (QED) is 0.783. The summed E-state index contributed by atoms with van der Waals surface area (Å²) >= 11 is 3.38. The number of rotatable bonds is 5. The van der Waals surface area contributed by atoms with Crippen LogP contribution in [0.2, 0.25) is 0 Å². The number of aromatic nitrogens is 1. The largest absolute Gasteiger partial charge is 0.481 e.